The largest absolute Gasteiger partial charge is 0.478 e. The molecule has 0 aliphatic heterocycles. The molecule has 3 aromatic rings. The second-order valence-electron chi connectivity index (χ2n) is 4.16. The number of halogens is 1. The number of H-pyrrole nitrogens is 1. The van der Waals surface area contributed by atoms with E-state index >= 15 is 0 Å². The molecule has 0 aliphatic carbocycles. The number of imidazole rings is 1. The second kappa shape index (κ2) is 4.20. The van der Waals surface area contributed by atoms with E-state index in [0.29, 0.717) is 5.95 Å². The molecule has 0 fully saturated rings. The van der Waals surface area contributed by atoms with Gasteiger partial charge in [-0.2, -0.15) is 5.10 Å². The van der Waals surface area contributed by atoms with Crippen molar-refractivity contribution in [2.24, 2.45) is 0 Å². The van der Waals surface area contributed by atoms with Gasteiger partial charge in [0.05, 0.1) is 22.8 Å². The summed E-state index contributed by atoms with van der Waals surface area (Å²) in [7, 11) is 0. The lowest BCUT2D eigenvalue weighted by Crippen LogP contribution is -1.97. The Hall–Kier alpha value is -2.15. The molecule has 0 aliphatic rings. The van der Waals surface area contributed by atoms with Crippen molar-refractivity contribution in [2.75, 3.05) is 0 Å². The molecule has 3 rings (SSSR count). The van der Waals surface area contributed by atoms with Gasteiger partial charge in [0.15, 0.2) is 0 Å². The molecule has 7 heteroatoms. The van der Waals surface area contributed by atoms with Crippen LogP contribution in [0.4, 0.5) is 0 Å². The van der Waals surface area contributed by atoms with Crippen LogP contribution in [0.5, 0.6) is 0 Å². The fourth-order valence-corrected chi connectivity index (χ4v) is 2.46. The number of aromatic amines is 1. The van der Waals surface area contributed by atoms with Crippen LogP contribution in [-0.2, 0) is 0 Å². The molecule has 0 amide bonds. The molecule has 2 aromatic heterocycles. The summed E-state index contributed by atoms with van der Waals surface area (Å²) in [5.41, 5.74) is 2.86. The zero-order chi connectivity index (χ0) is 13.6. The topological polar surface area (TPSA) is 83.8 Å². The van der Waals surface area contributed by atoms with E-state index in [1.807, 2.05) is 19.1 Å². The van der Waals surface area contributed by atoms with Crippen molar-refractivity contribution in [1.82, 2.24) is 19.7 Å². The lowest BCUT2D eigenvalue weighted by Gasteiger charge is -1.94. The van der Waals surface area contributed by atoms with Gasteiger partial charge >= 0.3 is 5.97 Å². The van der Waals surface area contributed by atoms with Crippen molar-refractivity contribution in [1.29, 1.82) is 0 Å². The van der Waals surface area contributed by atoms with Gasteiger partial charge in [0, 0.05) is 10.7 Å². The Balaban J connectivity index is 2.14. The van der Waals surface area contributed by atoms with Crippen molar-refractivity contribution in [3.8, 4) is 5.95 Å². The number of aromatic carboxylic acids is 1. The molecule has 0 spiro atoms. The summed E-state index contributed by atoms with van der Waals surface area (Å²) in [4.78, 5) is 18.4. The number of aryl methyl sites for hydroxylation is 1. The van der Waals surface area contributed by atoms with Crippen LogP contribution in [0.3, 0.4) is 0 Å². The highest BCUT2D eigenvalue weighted by Crippen LogP contribution is 2.23. The van der Waals surface area contributed by atoms with Crippen LogP contribution in [0.2, 0.25) is 0 Å². The number of nitrogens with one attached hydrogen (secondary N) is 1. The van der Waals surface area contributed by atoms with E-state index in [-0.39, 0.29) is 5.56 Å². The highest BCUT2D eigenvalue weighted by molar-refractivity contribution is 9.10. The monoisotopic (exact) mass is 320 g/mol. The first-order valence-corrected chi connectivity index (χ1v) is 6.28. The number of nitrogens with zero attached hydrogens (tertiary/aromatic N) is 3. The third-order valence-electron chi connectivity index (χ3n) is 2.78. The van der Waals surface area contributed by atoms with Gasteiger partial charge in [-0.1, -0.05) is 15.9 Å². The lowest BCUT2D eigenvalue weighted by molar-refractivity contribution is 0.0697. The highest BCUT2D eigenvalue weighted by Gasteiger charge is 2.11. The number of rotatable bonds is 2. The van der Waals surface area contributed by atoms with Crippen molar-refractivity contribution in [3.05, 3.63) is 40.1 Å². The van der Waals surface area contributed by atoms with Crippen LogP contribution >= 0.6 is 15.9 Å². The first-order chi connectivity index (χ1) is 9.04. The van der Waals surface area contributed by atoms with Gasteiger partial charge in [-0.15, -0.1) is 0 Å². The smallest absolute Gasteiger partial charge is 0.338 e. The first kappa shape index (κ1) is 11.9. The average molecular weight is 321 g/mol. The normalized spacial score (nSPS) is 11.1. The molecule has 0 bridgehead atoms. The Bertz CT molecular complexity index is 790. The van der Waals surface area contributed by atoms with Crippen LogP contribution in [0.1, 0.15) is 15.9 Å². The van der Waals surface area contributed by atoms with E-state index in [9.17, 15) is 4.79 Å². The number of carboxylic acids is 1. The highest BCUT2D eigenvalue weighted by atomic mass is 79.9. The van der Waals surface area contributed by atoms with E-state index < -0.39 is 5.97 Å². The molecule has 2 heterocycles. The van der Waals surface area contributed by atoms with Crippen LogP contribution in [0, 0.1) is 6.92 Å². The van der Waals surface area contributed by atoms with Gasteiger partial charge in [-0.25, -0.2) is 14.5 Å². The van der Waals surface area contributed by atoms with Crippen molar-refractivity contribution < 1.29 is 9.90 Å². The quantitative estimate of drug-likeness (QED) is 0.760. The third-order valence-corrected chi connectivity index (χ3v) is 3.23. The van der Waals surface area contributed by atoms with Crippen LogP contribution < -0.4 is 0 Å². The first-order valence-electron chi connectivity index (χ1n) is 5.49. The maximum atomic E-state index is 10.8. The maximum absolute atomic E-state index is 10.8. The Kier molecular flexibility index (Phi) is 2.63. The summed E-state index contributed by atoms with van der Waals surface area (Å²) in [6, 6.07) is 3.89. The minimum absolute atomic E-state index is 0.123. The number of hydrogen-bond acceptors (Lipinski definition) is 3. The Morgan fingerprint density at radius 1 is 1.47 bits per heavy atom. The van der Waals surface area contributed by atoms with Crippen molar-refractivity contribution in [3.63, 3.8) is 0 Å². The number of carboxylic acid groups (broad SMARTS) is 1. The molecule has 96 valence electrons. The molecule has 0 radical (unpaired) electrons. The maximum Gasteiger partial charge on any atom is 0.338 e. The molecular formula is C12H9BrN4O2. The molecule has 1 aromatic carbocycles. The SMILES string of the molecule is Cc1cc(Br)cc2[nH]c(-n3cc(C(=O)O)cn3)nc12. The number of carbonyl (C=O) groups is 1. The zero-order valence-corrected chi connectivity index (χ0v) is 11.5. The fraction of sp³-hybridized carbons (Fsp3) is 0.0833. The minimum atomic E-state index is -1.01. The Morgan fingerprint density at radius 3 is 2.95 bits per heavy atom. The molecule has 2 N–H and O–H groups in total. The number of hydrogen-bond donors (Lipinski definition) is 2. The van der Waals surface area contributed by atoms with Crippen LogP contribution in [0.15, 0.2) is 29.0 Å². The molecule has 0 saturated heterocycles. The third kappa shape index (κ3) is 2.01. The molecule has 0 unspecified atom stereocenters. The Labute approximate surface area is 116 Å². The van der Waals surface area contributed by atoms with E-state index in [1.54, 1.807) is 0 Å². The van der Waals surface area contributed by atoms with E-state index in [0.717, 1.165) is 21.1 Å². The Morgan fingerprint density at radius 2 is 2.26 bits per heavy atom. The molecule has 0 atom stereocenters. The molecule has 19 heavy (non-hydrogen) atoms. The summed E-state index contributed by atoms with van der Waals surface area (Å²) < 4.78 is 2.37. The van der Waals surface area contributed by atoms with E-state index in [1.165, 1.54) is 17.1 Å². The van der Waals surface area contributed by atoms with Crippen LogP contribution in [-0.4, -0.2) is 30.8 Å². The molecule has 0 saturated carbocycles. The standard InChI is InChI=1S/C12H9BrN4O2/c1-6-2-8(13)3-9-10(6)16-12(15-9)17-5-7(4-14-17)11(18)19/h2-5H,1H3,(H,15,16)(H,18,19). The number of benzene rings is 1. The van der Waals surface area contributed by atoms with Crippen molar-refractivity contribution in [2.45, 2.75) is 6.92 Å². The summed E-state index contributed by atoms with van der Waals surface area (Å²) in [5, 5.41) is 12.9. The number of aromatic nitrogens is 4. The van der Waals surface area contributed by atoms with E-state index in [2.05, 4.69) is 31.0 Å². The predicted molar refractivity (Wildman–Crippen MR) is 72.6 cm³/mol. The lowest BCUT2D eigenvalue weighted by atomic mass is 10.2. The molecular weight excluding hydrogens is 312 g/mol. The fourth-order valence-electron chi connectivity index (χ4n) is 1.89. The van der Waals surface area contributed by atoms with Crippen molar-refractivity contribution >= 4 is 32.9 Å². The second-order valence-corrected chi connectivity index (χ2v) is 5.07. The summed E-state index contributed by atoms with van der Waals surface area (Å²) in [5.74, 6) is -0.523. The van der Waals surface area contributed by atoms with Gasteiger partial charge in [-0.05, 0) is 24.6 Å². The van der Waals surface area contributed by atoms with Gasteiger partial charge in [0.25, 0.3) is 0 Å². The number of fused-ring (bicyclic) bond motifs is 1. The average Bonchev–Trinajstić information content (AvgIpc) is 2.92. The summed E-state index contributed by atoms with van der Waals surface area (Å²) in [6.45, 7) is 1.96. The van der Waals surface area contributed by atoms with Gasteiger partial charge < -0.3 is 10.1 Å². The van der Waals surface area contributed by atoms with Gasteiger partial charge in [0.1, 0.15) is 0 Å². The van der Waals surface area contributed by atoms with Crippen LogP contribution in [0.25, 0.3) is 17.0 Å². The van der Waals surface area contributed by atoms with Gasteiger partial charge in [-0.3, -0.25) is 0 Å². The van der Waals surface area contributed by atoms with Gasteiger partial charge in [0.2, 0.25) is 5.95 Å². The summed E-state index contributed by atoms with van der Waals surface area (Å²) in [6.07, 6.45) is 2.71. The predicted octanol–water partition coefficient (Wildman–Crippen LogP) is 2.52. The minimum Gasteiger partial charge on any atom is -0.478 e. The molecule has 6 nitrogen and oxygen atoms in total. The zero-order valence-electron chi connectivity index (χ0n) is 9.88. The van der Waals surface area contributed by atoms with E-state index in [4.69, 9.17) is 5.11 Å². The summed E-state index contributed by atoms with van der Waals surface area (Å²) >= 11 is 3.42.